The molecule has 0 aliphatic heterocycles. The Morgan fingerprint density at radius 2 is 1.85 bits per heavy atom. The van der Waals surface area contributed by atoms with Crippen LogP contribution in [0.15, 0.2) is 34.5 Å². The van der Waals surface area contributed by atoms with Gasteiger partial charge in [0, 0.05) is 5.56 Å². The van der Waals surface area contributed by atoms with E-state index < -0.39 is 0 Å². The van der Waals surface area contributed by atoms with E-state index in [1.54, 1.807) is 12.1 Å². The summed E-state index contributed by atoms with van der Waals surface area (Å²) < 4.78 is 0. The van der Waals surface area contributed by atoms with E-state index >= 15 is 0 Å². The summed E-state index contributed by atoms with van der Waals surface area (Å²) in [5.74, 6) is 0.151. The first-order valence-corrected chi connectivity index (χ1v) is 6.69. The molecular formula is C13H15N5OS. The summed E-state index contributed by atoms with van der Waals surface area (Å²) in [4.78, 5) is 5.43. The van der Waals surface area contributed by atoms with Crippen molar-refractivity contribution in [1.82, 2.24) is 4.98 Å². The number of aryl methyl sites for hydroxylation is 1. The van der Waals surface area contributed by atoms with Crippen LogP contribution in [0.3, 0.4) is 0 Å². The highest BCUT2D eigenvalue weighted by Gasteiger charge is 2.11. The second kappa shape index (κ2) is 5.70. The second-order valence-electron chi connectivity index (χ2n) is 4.19. The van der Waals surface area contributed by atoms with Crippen LogP contribution in [0.4, 0.5) is 0 Å². The lowest BCUT2D eigenvalue weighted by molar-refractivity contribution is 0.475. The quantitative estimate of drug-likeness (QED) is 0.454. The van der Waals surface area contributed by atoms with E-state index in [0.29, 0.717) is 5.71 Å². The van der Waals surface area contributed by atoms with Gasteiger partial charge in [0.05, 0.1) is 16.3 Å². The molecule has 0 radical (unpaired) electrons. The third-order valence-corrected chi connectivity index (χ3v) is 3.87. The molecule has 2 aromatic rings. The van der Waals surface area contributed by atoms with Crippen LogP contribution in [0.25, 0.3) is 10.6 Å². The molecule has 0 unspecified atom stereocenters. The normalized spacial score (nSPS) is 11.4. The molecule has 1 aromatic heterocycles. The van der Waals surface area contributed by atoms with Crippen LogP contribution >= 0.6 is 11.3 Å². The molecule has 0 saturated carbocycles. The van der Waals surface area contributed by atoms with Crippen molar-refractivity contribution in [2.24, 2.45) is 21.7 Å². The molecule has 104 valence electrons. The number of aromatic hydroxyl groups is 1. The molecule has 0 aliphatic rings. The summed E-state index contributed by atoms with van der Waals surface area (Å²) in [6.07, 6.45) is 0. The maximum atomic E-state index is 9.30. The van der Waals surface area contributed by atoms with E-state index in [9.17, 15) is 5.11 Å². The number of aromatic nitrogens is 1. The number of benzene rings is 1. The first-order valence-electron chi connectivity index (χ1n) is 5.87. The topological polar surface area (TPSA) is 110 Å². The van der Waals surface area contributed by atoms with Gasteiger partial charge in [-0.25, -0.2) is 4.98 Å². The molecule has 0 saturated heterocycles. The highest BCUT2D eigenvalue weighted by molar-refractivity contribution is 7.17. The number of phenolic OH excluding ortho intramolecular Hbond substituents is 1. The fraction of sp³-hybridized carbons (Fsp3) is 0.154. The zero-order chi connectivity index (χ0) is 14.7. The molecule has 0 atom stereocenters. The van der Waals surface area contributed by atoms with Crippen molar-refractivity contribution >= 4 is 23.0 Å². The Hall–Kier alpha value is -2.41. The van der Waals surface area contributed by atoms with Gasteiger partial charge in [-0.1, -0.05) is 0 Å². The number of thiazole rings is 1. The monoisotopic (exact) mass is 289 g/mol. The van der Waals surface area contributed by atoms with Crippen LogP contribution in [0.5, 0.6) is 5.75 Å². The molecule has 1 aromatic carbocycles. The standard InChI is InChI=1S/C13H15N5OS/c1-7-11(8(2)17-18-13(14)15)20-12(16-7)9-3-5-10(19)6-4-9/h3-6,19H,1-2H3,(H4,14,15,18)/b17-8+. The van der Waals surface area contributed by atoms with Crippen LogP contribution in [-0.4, -0.2) is 21.8 Å². The summed E-state index contributed by atoms with van der Waals surface area (Å²) >= 11 is 1.50. The van der Waals surface area contributed by atoms with Gasteiger partial charge in [0.15, 0.2) is 0 Å². The Balaban J connectivity index is 2.37. The van der Waals surface area contributed by atoms with Crippen LogP contribution in [-0.2, 0) is 0 Å². The maximum absolute atomic E-state index is 9.30. The predicted molar refractivity (Wildman–Crippen MR) is 82.0 cm³/mol. The molecule has 0 bridgehead atoms. The minimum atomic E-state index is -0.0784. The lowest BCUT2D eigenvalue weighted by Crippen LogP contribution is -2.22. The molecule has 0 aliphatic carbocycles. The highest BCUT2D eigenvalue weighted by Crippen LogP contribution is 2.29. The third-order valence-electron chi connectivity index (χ3n) is 2.55. The van der Waals surface area contributed by atoms with Crippen molar-refractivity contribution in [2.45, 2.75) is 13.8 Å². The van der Waals surface area contributed by atoms with Gasteiger partial charge in [0.2, 0.25) is 5.96 Å². The molecular weight excluding hydrogens is 274 g/mol. The van der Waals surface area contributed by atoms with Crippen LogP contribution in [0.2, 0.25) is 0 Å². The van der Waals surface area contributed by atoms with Gasteiger partial charge in [-0.3, -0.25) is 0 Å². The molecule has 2 rings (SSSR count). The number of guanidine groups is 1. The highest BCUT2D eigenvalue weighted by atomic mass is 32.1. The molecule has 20 heavy (non-hydrogen) atoms. The van der Waals surface area contributed by atoms with Crippen LogP contribution < -0.4 is 11.5 Å². The third kappa shape index (κ3) is 3.12. The van der Waals surface area contributed by atoms with Crippen molar-refractivity contribution in [3.8, 4) is 16.3 Å². The fourth-order valence-corrected chi connectivity index (χ4v) is 2.65. The lowest BCUT2D eigenvalue weighted by atomic mass is 10.2. The molecule has 0 spiro atoms. The van der Waals surface area contributed by atoms with E-state index in [1.165, 1.54) is 11.3 Å². The van der Waals surface area contributed by atoms with E-state index in [2.05, 4.69) is 15.2 Å². The minimum absolute atomic E-state index is 0.0784. The maximum Gasteiger partial charge on any atom is 0.211 e. The van der Waals surface area contributed by atoms with Gasteiger partial charge in [-0.15, -0.1) is 16.4 Å². The van der Waals surface area contributed by atoms with Crippen LogP contribution in [0, 0.1) is 6.92 Å². The Kier molecular flexibility index (Phi) is 3.99. The molecule has 0 amide bonds. The first-order chi connectivity index (χ1) is 9.47. The largest absolute Gasteiger partial charge is 0.508 e. The van der Waals surface area contributed by atoms with Gasteiger partial charge in [0.25, 0.3) is 0 Å². The number of phenols is 1. The summed E-state index contributed by atoms with van der Waals surface area (Å²) in [6.45, 7) is 3.73. The lowest BCUT2D eigenvalue weighted by Gasteiger charge is -1.96. The Morgan fingerprint density at radius 3 is 2.45 bits per heavy atom. The van der Waals surface area contributed by atoms with Crippen LogP contribution in [0.1, 0.15) is 17.5 Å². The summed E-state index contributed by atoms with van der Waals surface area (Å²) in [6, 6.07) is 6.90. The second-order valence-corrected chi connectivity index (χ2v) is 5.19. The van der Waals surface area contributed by atoms with E-state index in [0.717, 1.165) is 21.1 Å². The summed E-state index contributed by atoms with van der Waals surface area (Å²) in [7, 11) is 0. The Morgan fingerprint density at radius 1 is 1.20 bits per heavy atom. The molecule has 1 heterocycles. The van der Waals surface area contributed by atoms with Gasteiger partial charge in [0.1, 0.15) is 10.8 Å². The average molecular weight is 289 g/mol. The Bertz CT molecular complexity index is 669. The molecule has 7 heteroatoms. The van der Waals surface area contributed by atoms with Gasteiger partial charge in [-0.2, -0.15) is 5.10 Å². The molecule has 0 fully saturated rings. The number of nitrogens with zero attached hydrogens (tertiary/aromatic N) is 3. The van der Waals surface area contributed by atoms with Crippen molar-refractivity contribution < 1.29 is 5.11 Å². The Labute approximate surface area is 120 Å². The van der Waals surface area contributed by atoms with Crippen molar-refractivity contribution in [3.63, 3.8) is 0 Å². The van der Waals surface area contributed by atoms with Crippen molar-refractivity contribution in [2.75, 3.05) is 0 Å². The van der Waals surface area contributed by atoms with Crippen molar-refractivity contribution in [1.29, 1.82) is 0 Å². The number of rotatable bonds is 3. The predicted octanol–water partition coefficient (Wildman–Crippen LogP) is 1.82. The zero-order valence-electron chi connectivity index (χ0n) is 11.2. The van der Waals surface area contributed by atoms with Gasteiger partial charge >= 0.3 is 0 Å². The zero-order valence-corrected chi connectivity index (χ0v) is 12.0. The smallest absolute Gasteiger partial charge is 0.211 e. The van der Waals surface area contributed by atoms with Gasteiger partial charge in [-0.05, 0) is 38.1 Å². The number of hydrogen-bond donors (Lipinski definition) is 3. The van der Waals surface area contributed by atoms with Crippen molar-refractivity contribution in [3.05, 3.63) is 34.8 Å². The van der Waals surface area contributed by atoms with E-state index in [4.69, 9.17) is 11.5 Å². The van der Waals surface area contributed by atoms with E-state index in [-0.39, 0.29) is 11.7 Å². The number of nitrogens with two attached hydrogens (primary N) is 2. The average Bonchev–Trinajstić information content (AvgIpc) is 2.79. The SMILES string of the molecule is C/C(=N\N=C(N)N)c1sc(-c2ccc(O)cc2)nc1C. The van der Waals surface area contributed by atoms with E-state index in [1.807, 2.05) is 26.0 Å². The minimum Gasteiger partial charge on any atom is -0.508 e. The number of hydrogen-bond acceptors (Lipinski definition) is 5. The molecule has 6 nitrogen and oxygen atoms in total. The molecule has 5 N–H and O–H groups in total. The fourth-order valence-electron chi connectivity index (χ4n) is 1.64. The summed E-state index contributed by atoms with van der Waals surface area (Å²) in [5, 5.41) is 17.8. The summed E-state index contributed by atoms with van der Waals surface area (Å²) in [5.41, 5.74) is 13.0. The first kappa shape index (κ1) is 14.0. The van der Waals surface area contributed by atoms with Gasteiger partial charge < -0.3 is 16.6 Å².